The van der Waals surface area contributed by atoms with Gasteiger partial charge in [0.1, 0.15) is 6.61 Å². The molecule has 15 heavy (non-hydrogen) atoms. The molecule has 0 aliphatic carbocycles. The third-order valence-electron chi connectivity index (χ3n) is 1.25. The van der Waals surface area contributed by atoms with Crippen LogP contribution in [0.5, 0.6) is 0 Å². The topological polar surface area (TPSA) is 77.0 Å². The Kier molecular flexibility index (Phi) is 6.61. The fourth-order valence-corrected chi connectivity index (χ4v) is 0.636. The second kappa shape index (κ2) is 7.54. The maximum atomic E-state index is 10.9. The lowest BCUT2D eigenvalue weighted by atomic mass is 10.4. The minimum absolute atomic E-state index is 0.0514. The Bertz CT molecular complexity index is 263. The molecular formula is C9H14N2O4. The zero-order valence-electron chi connectivity index (χ0n) is 8.73. The lowest BCUT2D eigenvalue weighted by Gasteiger charge is -2.11. The van der Waals surface area contributed by atoms with Crippen molar-refractivity contribution in [3.05, 3.63) is 12.7 Å². The molecule has 0 saturated heterocycles. The Labute approximate surface area is 87.9 Å². The SMILES string of the molecule is C=CC(=O)OCC(C)NC(=O)O/N=C/C. The largest absolute Gasteiger partial charge is 0.460 e. The Morgan fingerprint density at radius 3 is 2.80 bits per heavy atom. The molecule has 0 aliphatic rings. The first-order valence-electron chi connectivity index (χ1n) is 4.34. The van der Waals surface area contributed by atoms with Gasteiger partial charge in [-0.2, -0.15) is 0 Å². The van der Waals surface area contributed by atoms with E-state index in [1.54, 1.807) is 13.8 Å². The van der Waals surface area contributed by atoms with Gasteiger partial charge in [0.25, 0.3) is 0 Å². The number of esters is 1. The van der Waals surface area contributed by atoms with Crippen molar-refractivity contribution in [1.82, 2.24) is 5.32 Å². The molecule has 6 nitrogen and oxygen atoms in total. The van der Waals surface area contributed by atoms with Gasteiger partial charge in [0.15, 0.2) is 0 Å². The maximum Gasteiger partial charge on any atom is 0.433 e. The summed E-state index contributed by atoms with van der Waals surface area (Å²) in [7, 11) is 0. The first kappa shape index (κ1) is 13.2. The van der Waals surface area contributed by atoms with Crippen LogP contribution in [-0.4, -0.2) is 30.9 Å². The van der Waals surface area contributed by atoms with Crippen molar-refractivity contribution >= 4 is 18.3 Å². The van der Waals surface area contributed by atoms with Crippen molar-refractivity contribution in [3.8, 4) is 0 Å². The van der Waals surface area contributed by atoms with Gasteiger partial charge in [0.2, 0.25) is 0 Å². The Morgan fingerprint density at radius 2 is 2.27 bits per heavy atom. The van der Waals surface area contributed by atoms with Gasteiger partial charge in [-0.1, -0.05) is 11.7 Å². The van der Waals surface area contributed by atoms with Crippen LogP contribution in [0.25, 0.3) is 0 Å². The van der Waals surface area contributed by atoms with Crippen LogP contribution in [0.3, 0.4) is 0 Å². The van der Waals surface area contributed by atoms with E-state index in [9.17, 15) is 9.59 Å². The fourth-order valence-electron chi connectivity index (χ4n) is 0.636. The summed E-state index contributed by atoms with van der Waals surface area (Å²) in [6.45, 7) is 6.56. The number of oxime groups is 1. The van der Waals surface area contributed by atoms with Gasteiger partial charge in [-0.05, 0) is 13.8 Å². The van der Waals surface area contributed by atoms with E-state index in [0.29, 0.717) is 0 Å². The number of amides is 1. The Hall–Kier alpha value is -1.85. The van der Waals surface area contributed by atoms with Crippen molar-refractivity contribution in [2.75, 3.05) is 6.61 Å². The molecule has 0 fully saturated rings. The molecule has 0 aliphatic heterocycles. The highest BCUT2D eigenvalue weighted by atomic mass is 16.7. The van der Waals surface area contributed by atoms with Gasteiger partial charge < -0.3 is 10.1 Å². The smallest absolute Gasteiger partial charge is 0.433 e. The molecule has 0 aromatic heterocycles. The third kappa shape index (κ3) is 7.24. The zero-order valence-corrected chi connectivity index (χ0v) is 8.73. The van der Waals surface area contributed by atoms with E-state index in [1.807, 2.05) is 0 Å². The normalized spacial score (nSPS) is 11.9. The van der Waals surface area contributed by atoms with Gasteiger partial charge in [-0.25, -0.2) is 9.59 Å². The molecule has 84 valence electrons. The summed E-state index contributed by atoms with van der Waals surface area (Å²) in [6.07, 6.45) is 1.68. The molecule has 0 bridgehead atoms. The molecule has 0 heterocycles. The predicted octanol–water partition coefficient (Wildman–Crippen LogP) is 0.836. The number of carbonyl (C=O) groups excluding carboxylic acids is 2. The Morgan fingerprint density at radius 1 is 1.60 bits per heavy atom. The van der Waals surface area contributed by atoms with Crippen LogP contribution in [0, 0.1) is 0 Å². The van der Waals surface area contributed by atoms with Crippen LogP contribution in [0.1, 0.15) is 13.8 Å². The zero-order chi connectivity index (χ0) is 11.7. The number of nitrogens with zero attached hydrogens (tertiary/aromatic N) is 1. The van der Waals surface area contributed by atoms with Crippen LogP contribution < -0.4 is 5.32 Å². The van der Waals surface area contributed by atoms with Gasteiger partial charge in [-0.15, -0.1) is 0 Å². The summed E-state index contributed by atoms with van der Waals surface area (Å²) in [4.78, 5) is 25.9. The molecule has 1 unspecified atom stereocenters. The van der Waals surface area contributed by atoms with E-state index in [-0.39, 0.29) is 12.6 Å². The molecule has 1 amide bonds. The monoisotopic (exact) mass is 214 g/mol. The molecule has 6 heteroatoms. The van der Waals surface area contributed by atoms with Crippen LogP contribution in [0.4, 0.5) is 4.79 Å². The Balaban J connectivity index is 3.72. The van der Waals surface area contributed by atoms with Crippen molar-refractivity contribution in [2.45, 2.75) is 19.9 Å². The minimum Gasteiger partial charge on any atom is -0.460 e. The quantitative estimate of drug-likeness (QED) is 0.242. The van der Waals surface area contributed by atoms with Crippen LogP contribution in [0.2, 0.25) is 0 Å². The first-order chi connectivity index (χ1) is 7.10. The fraction of sp³-hybridized carbons (Fsp3) is 0.444. The number of nitrogens with one attached hydrogen (secondary N) is 1. The van der Waals surface area contributed by atoms with Crippen molar-refractivity contribution in [3.63, 3.8) is 0 Å². The van der Waals surface area contributed by atoms with E-state index in [1.165, 1.54) is 6.21 Å². The molecule has 0 aromatic carbocycles. The van der Waals surface area contributed by atoms with E-state index >= 15 is 0 Å². The summed E-state index contributed by atoms with van der Waals surface area (Å²) in [5.74, 6) is -0.538. The maximum absolute atomic E-state index is 10.9. The summed E-state index contributed by atoms with van der Waals surface area (Å²) in [5.41, 5.74) is 0. The molecule has 0 spiro atoms. The highest BCUT2D eigenvalue weighted by Gasteiger charge is 2.09. The van der Waals surface area contributed by atoms with E-state index in [4.69, 9.17) is 4.74 Å². The molecule has 0 radical (unpaired) electrons. The van der Waals surface area contributed by atoms with Gasteiger partial charge >= 0.3 is 12.1 Å². The van der Waals surface area contributed by atoms with Crippen LogP contribution in [0.15, 0.2) is 17.8 Å². The number of hydrogen-bond acceptors (Lipinski definition) is 5. The summed E-state index contributed by atoms with van der Waals surface area (Å²) in [5, 5.41) is 5.68. The van der Waals surface area contributed by atoms with Gasteiger partial charge in [-0.3, -0.25) is 4.84 Å². The second-order valence-corrected chi connectivity index (χ2v) is 2.62. The molecule has 1 N–H and O–H groups in total. The number of rotatable bonds is 5. The van der Waals surface area contributed by atoms with Gasteiger partial charge in [0.05, 0.1) is 6.04 Å². The summed E-state index contributed by atoms with van der Waals surface area (Å²) >= 11 is 0. The molecule has 0 saturated carbocycles. The van der Waals surface area contributed by atoms with Crippen LogP contribution in [-0.2, 0) is 14.4 Å². The number of ether oxygens (including phenoxy) is 1. The van der Waals surface area contributed by atoms with E-state index in [0.717, 1.165) is 6.08 Å². The number of carbonyl (C=O) groups is 2. The highest BCUT2D eigenvalue weighted by molar-refractivity contribution is 5.81. The van der Waals surface area contributed by atoms with Gasteiger partial charge in [0, 0.05) is 12.3 Å². The highest BCUT2D eigenvalue weighted by Crippen LogP contribution is 1.88. The molecule has 0 rings (SSSR count). The predicted molar refractivity (Wildman–Crippen MR) is 54.4 cm³/mol. The standard InChI is InChI=1S/C9H14N2O4/c1-4-8(12)14-6-7(3)11-9(13)15-10-5-2/h4-5,7H,1,6H2,2-3H3,(H,11,13)/b10-5+. The molecule has 0 aromatic rings. The second-order valence-electron chi connectivity index (χ2n) is 2.62. The molecule has 1 atom stereocenters. The van der Waals surface area contributed by atoms with Crippen molar-refractivity contribution < 1.29 is 19.2 Å². The summed E-state index contributed by atoms with van der Waals surface area (Å²) in [6, 6.07) is -0.353. The lowest BCUT2D eigenvalue weighted by Crippen LogP contribution is -2.36. The average Bonchev–Trinajstić information content (AvgIpc) is 2.22. The molecular weight excluding hydrogens is 200 g/mol. The lowest BCUT2D eigenvalue weighted by molar-refractivity contribution is -0.138. The third-order valence-corrected chi connectivity index (χ3v) is 1.25. The first-order valence-corrected chi connectivity index (χ1v) is 4.34. The van der Waals surface area contributed by atoms with E-state index in [2.05, 4.69) is 21.9 Å². The summed E-state index contributed by atoms with van der Waals surface area (Å²) < 4.78 is 4.69. The minimum atomic E-state index is -0.699. The average molecular weight is 214 g/mol. The number of hydrogen-bond donors (Lipinski definition) is 1. The van der Waals surface area contributed by atoms with Crippen LogP contribution >= 0.6 is 0 Å². The van der Waals surface area contributed by atoms with Crippen molar-refractivity contribution in [1.29, 1.82) is 0 Å². The van der Waals surface area contributed by atoms with Crippen molar-refractivity contribution in [2.24, 2.45) is 5.16 Å². The van der Waals surface area contributed by atoms with E-state index < -0.39 is 12.1 Å².